The predicted octanol–water partition coefficient (Wildman–Crippen LogP) is 1.88. The van der Waals surface area contributed by atoms with Gasteiger partial charge in [0.2, 0.25) is 5.91 Å². The lowest BCUT2D eigenvalue weighted by atomic mass is 9.99. The molecule has 0 atom stereocenters. The molecule has 1 N–H and O–H groups in total. The van der Waals surface area contributed by atoms with Crippen molar-refractivity contribution >= 4 is 5.91 Å². The third-order valence-electron chi connectivity index (χ3n) is 3.39. The standard InChI is InChI=1S/C15H21NO3/c1-18-11-13-4-2-12(3-5-13)10-16-15(17)14-6-8-19-9-7-14/h2-5,14H,6-11H2,1H3,(H,16,17). The molecule has 1 fully saturated rings. The summed E-state index contributed by atoms with van der Waals surface area (Å²) < 4.78 is 10.3. The smallest absolute Gasteiger partial charge is 0.223 e. The van der Waals surface area contributed by atoms with Crippen LogP contribution in [0.25, 0.3) is 0 Å². The summed E-state index contributed by atoms with van der Waals surface area (Å²) in [5.74, 6) is 0.255. The van der Waals surface area contributed by atoms with Gasteiger partial charge in [-0.25, -0.2) is 0 Å². The molecule has 1 amide bonds. The number of benzene rings is 1. The predicted molar refractivity (Wildman–Crippen MR) is 72.5 cm³/mol. The van der Waals surface area contributed by atoms with Crippen LogP contribution in [-0.4, -0.2) is 26.2 Å². The van der Waals surface area contributed by atoms with Crippen molar-refractivity contribution in [3.05, 3.63) is 35.4 Å². The molecule has 0 unspecified atom stereocenters. The van der Waals surface area contributed by atoms with E-state index in [4.69, 9.17) is 9.47 Å². The summed E-state index contributed by atoms with van der Waals surface area (Å²) in [4.78, 5) is 12.0. The van der Waals surface area contributed by atoms with Gasteiger partial charge in [-0.05, 0) is 24.0 Å². The Morgan fingerprint density at radius 1 is 1.26 bits per heavy atom. The van der Waals surface area contributed by atoms with Gasteiger partial charge in [0.05, 0.1) is 6.61 Å². The Bertz CT molecular complexity index is 396. The minimum Gasteiger partial charge on any atom is -0.381 e. The molecule has 0 aliphatic carbocycles. The van der Waals surface area contributed by atoms with Gasteiger partial charge in [0.15, 0.2) is 0 Å². The molecule has 1 aliphatic rings. The first-order chi connectivity index (χ1) is 9.29. The number of carbonyl (C=O) groups is 1. The van der Waals surface area contributed by atoms with Gasteiger partial charge in [-0.1, -0.05) is 24.3 Å². The van der Waals surface area contributed by atoms with Gasteiger partial charge in [0, 0.05) is 32.8 Å². The monoisotopic (exact) mass is 263 g/mol. The van der Waals surface area contributed by atoms with E-state index in [1.807, 2.05) is 24.3 Å². The fraction of sp³-hybridized carbons (Fsp3) is 0.533. The lowest BCUT2D eigenvalue weighted by Crippen LogP contribution is -2.33. The van der Waals surface area contributed by atoms with Gasteiger partial charge in [0.25, 0.3) is 0 Å². The van der Waals surface area contributed by atoms with Crippen LogP contribution < -0.4 is 5.32 Å². The van der Waals surface area contributed by atoms with E-state index in [1.165, 1.54) is 0 Å². The fourth-order valence-corrected chi connectivity index (χ4v) is 2.21. The molecule has 2 rings (SSSR count). The number of nitrogens with one attached hydrogen (secondary N) is 1. The summed E-state index contributed by atoms with van der Waals surface area (Å²) in [7, 11) is 1.68. The summed E-state index contributed by atoms with van der Waals surface area (Å²) in [6.07, 6.45) is 1.66. The molecular weight excluding hydrogens is 242 g/mol. The summed E-state index contributed by atoms with van der Waals surface area (Å²) in [5.41, 5.74) is 2.25. The highest BCUT2D eigenvalue weighted by Crippen LogP contribution is 2.14. The van der Waals surface area contributed by atoms with E-state index in [-0.39, 0.29) is 11.8 Å². The first-order valence-corrected chi connectivity index (χ1v) is 6.72. The summed E-state index contributed by atoms with van der Waals surface area (Å²) in [6.45, 7) is 2.60. The Hall–Kier alpha value is -1.39. The maximum absolute atomic E-state index is 12.0. The van der Waals surface area contributed by atoms with Crippen LogP contribution in [0.2, 0.25) is 0 Å². The molecule has 19 heavy (non-hydrogen) atoms. The number of hydrogen-bond donors (Lipinski definition) is 1. The average molecular weight is 263 g/mol. The van der Waals surface area contributed by atoms with Crippen LogP contribution in [-0.2, 0) is 27.4 Å². The van der Waals surface area contributed by atoms with Gasteiger partial charge >= 0.3 is 0 Å². The normalized spacial score (nSPS) is 16.3. The van der Waals surface area contributed by atoms with E-state index in [1.54, 1.807) is 7.11 Å². The Labute approximate surface area is 114 Å². The molecular formula is C15H21NO3. The van der Waals surface area contributed by atoms with E-state index in [9.17, 15) is 4.79 Å². The second kappa shape index (κ2) is 7.26. The lowest BCUT2D eigenvalue weighted by Gasteiger charge is -2.21. The zero-order valence-corrected chi connectivity index (χ0v) is 11.4. The topological polar surface area (TPSA) is 47.6 Å². The fourth-order valence-electron chi connectivity index (χ4n) is 2.21. The van der Waals surface area contributed by atoms with Gasteiger partial charge in [-0.3, -0.25) is 4.79 Å². The highest BCUT2D eigenvalue weighted by molar-refractivity contribution is 5.78. The number of carbonyl (C=O) groups excluding carboxylic acids is 1. The summed E-state index contributed by atoms with van der Waals surface area (Å²) in [5, 5.41) is 2.99. The number of hydrogen-bond acceptors (Lipinski definition) is 3. The van der Waals surface area contributed by atoms with Crippen molar-refractivity contribution in [3.63, 3.8) is 0 Å². The molecule has 0 spiro atoms. The number of ether oxygens (including phenoxy) is 2. The maximum atomic E-state index is 12.0. The maximum Gasteiger partial charge on any atom is 0.223 e. The molecule has 0 bridgehead atoms. The van der Waals surface area contributed by atoms with E-state index < -0.39 is 0 Å². The van der Waals surface area contributed by atoms with Crippen molar-refractivity contribution in [2.45, 2.75) is 26.0 Å². The zero-order chi connectivity index (χ0) is 13.5. The summed E-state index contributed by atoms with van der Waals surface area (Å²) in [6, 6.07) is 8.11. The van der Waals surface area contributed by atoms with Crippen LogP contribution in [0, 0.1) is 5.92 Å². The Balaban J connectivity index is 1.79. The molecule has 1 saturated heterocycles. The number of rotatable bonds is 5. The molecule has 1 heterocycles. The molecule has 104 valence electrons. The highest BCUT2D eigenvalue weighted by atomic mass is 16.5. The van der Waals surface area contributed by atoms with Crippen molar-refractivity contribution in [2.24, 2.45) is 5.92 Å². The quantitative estimate of drug-likeness (QED) is 0.882. The van der Waals surface area contributed by atoms with Gasteiger partial charge in [0.1, 0.15) is 0 Å². The van der Waals surface area contributed by atoms with Crippen molar-refractivity contribution < 1.29 is 14.3 Å². The molecule has 0 saturated carbocycles. The minimum atomic E-state index is 0.113. The lowest BCUT2D eigenvalue weighted by molar-refractivity contribution is -0.128. The molecule has 4 heteroatoms. The van der Waals surface area contributed by atoms with Crippen molar-refractivity contribution in [3.8, 4) is 0 Å². The van der Waals surface area contributed by atoms with Crippen LogP contribution in [0.15, 0.2) is 24.3 Å². The third-order valence-corrected chi connectivity index (χ3v) is 3.39. The van der Waals surface area contributed by atoms with Gasteiger partial charge in [-0.15, -0.1) is 0 Å². The van der Waals surface area contributed by atoms with Crippen molar-refractivity contribution in [2.75, 3.05) is 20.3 Å². The molecule has 1 aromatic rings. The van der Waals surface area contributed by atoms with E-state index in [0.717, 1.165) is 24.0 Å². The van der Waals surface area contributed by atoms with Crippen LogP contribution in [0.3, 0.4) is 0 Å². The molecule has 4 nitrogen and oxygen atoms in total. The van der Waals surface area contributed by atoms with Crippen LogP contribution in [0.5, 0.6) is 0 Å². The van der Waals surface area contributed by atoms with Crippen LogP contribution in [0.1, 0.15) is 24.0 Å². The molecule has 0 aromatic heterocycles. The Morgan fingerprint density at radius 3 is 2.53 bits per heavy atom. The first-order valence-electron chi connectivity index (χ1n) is 6.72. The average Bonchev–Trinajstić information content (AvgIpc) is 2.47. The molecule has 0 radical (unpaired) electrons. The van der Waals surface area contributed by atoms with Gasteiger partial charge < -0.3 is 14.8 Å². The zero-order valence-electron chi connectivity index (χ0n) is 11.4. The summed E-state index contributed by atoms with van der Waals surface area (Å²) >= 11 is 0. The number of methoxy groups -OCH3 is 1. The largest absolute Gasteiger partial charge is 0.381 e. The van der Waals surface area contributed by atoms with E-state index in [2.05, 4.69) is 5.32 Å². The third kappa shape index (κ3) is 4.33. The highest BCUT2D eigenvalue weighted by Gasteiger charge is 2.20. The van der Waals surface area contributed by atoms with E-state index >= 15 is 0 Å². The first kappa shape index (κ1) is 14.0. The SMILES string of the molecule is COCc1ccc(CNC(=O)C2CCOCC2)cc1. The van der Waals surface area contributed by atoms with Crippen molar-refractivity contribution in [1.29, 1.82) is 0 Å². The minimum absolute atomic E-state index is 0.113. The Kier molecular flexibility index (Phi) is 5.36. The molecule has 1 aliphatic heterocycles. The van der Waals surface area contributed by atoms with Crippen molar-refractivity contribution in [1.82, 2.24) is 5.32 Å². The van der Waals surface area contributed by atoms with Gasteiger partial charge in [-0.2, -0.15) is 0 Å². The number of amides is 1. The van der Waals surface area contributed by atoms with E-state index in [0.29, 0.717) is 26.4 Å². The van der Waals surface area contributed by atoms with Crippen LogP contribution >= 0.6 is 0 Å². The second-order valence-electron chi connectivity index (χ2n) is 4.85. The Morgan fingerprint density at radius 2 is 1.89 bits per heavy atom. The van der Waals surface area contributed by atoms with Crippen LogP contribution in [0.4, 0.5) is 0 Å². The molecule has 1 aromatic carbocycles. The second-order valence-corrected chi connectivity index (χ2v) is 4.85.